The molecule has 16 nitrogen and oxygen atoms in total. The van der Waals surface area contributed by atoms with E-state index in [1.165, 1.54) is 0 Å². The van der Waals surface area contributed by atoms with Crippen LogP contribution in [0.25, 0.3) is 0 Å². The molecule has 282 valence electrons. The van der Waals surface area contributed by atoms with Crippen molar-refractivity contribution in [2.75, 3.05) is 64.3 Å². The summed E-state index contributed by atoms with van der Waals surface area (Å²) in [7, 11) is 0. The van der Waals surface area contributed by atoms with Gasteiger partial charge in [-0.2, -0.15) is 11.8 Å². The molecule has 51 heavy (non-hydrogen) atoms. The number of nitrogen functional groups attached to an aromatic ring is 1. The number of carboxylic acids is 1. The molecule has 4 rings (SSSR count). The van der Waals surface area contributed by atoms with Gasteiger partial charge in [-0.05, 0) is 43.4 Å². The fourth-order valence-electron chi connectivity index (χ4n) is 5.75. The molecular weight excluding hydrogens is 682 g/mol. The van der Waals surface area contributed by atoms with Crippen LogP contribution >= 0.6 is 11.8 Å². The van der Waals surface area contributed by atoms with Crippen molar-refractivity contribution in [1.82, 2.24) is 30.9 Å². The molecule has 0 radical (unpaired) electrons. The van der Waals surface area contributed by atoms with E-state index in [0.717, 1.165) is 37.0 Å². The zero-order valence-electron chi connectivity index (χ0n) is 29.0. The molecule has 0 bridgehead atoms. The fourth-order valence-corrected chi connectivity index (χ4v) is 7.29. The highest BCUT2D eigenvalue weighted by Crippen LogP contribution is 2.33. The van der Waals surface area contributed by atoms with Crippen LogP contribution < -0.4 is 21.7 Å². The molecule has 3 atom stereocenters. The Morgan fingerprint density at radius 1 is 0.961 bits per heavy atom. The van der Waals surface area contributed by atoms with Crippen LogP contribution in [-0.4, -0.2) is 120 Å². The number of ether oxygens (including phenoxy) is 4. The monoisotopic (exact) mass is 733 g/mol. The molecule has 2 aromatic rings. The lowest BCUT2D eigenvalue weighted by Crippen LogP contribution is -2.36. The number of hydrogen-bond acceptors (Lipinski definition) is 12. The number of nitrogens with one attached hydrogen (secondary N) is 3. The highest BCUT2D eigenvalue weighted by molar-refractivity contribution is 8.00. The maximum Gasteiger partial charge on any atom is 0.315 e. The van der Waals surface area contributed by atoms with Crippen molar-refractivity contribution in [3.8, 4) is 0 Å². The summed E-state index contributed by atoms with van der Waals surface area (Å²) in [5.41, 5.74) is 8.27. The van der Waals surface area contributed by atoms with E-state index in [1.54, 1.807) is 16.8 Å². The van der Waals surface area contributed by atoms with E-state index in [1.807, 2.05) is 24.0 Å². The van der Waals surface area contributed by atoms with E-state index in [-0.39, 0.29) is 42.6 Å². The van der Waals surface area contributed by atoms with Crippen molar-refractivity contribution in [2.24, 2.45) is 0 Å². The van der Waals surface area contributed by atoms with Gasteiger partial charge in [0.25, 0.3) is 0 Å². The van der Waals surface area contributed by atoms with Crippen LogP contribution in [0.4, 0.5) is 10.5 Å². The number of carbonyl (C=O) groups is 4. The standard InChI is InChI=1S/C34H51N7O9S/c35-27-8-7-24(20-26(27)29(42)9-10-32(44)45)4-3-13-50-22-25-21-41(40-39-25)12-15-48-17-19-49-18-16-47-14-11-36-31(43)6-2-1-5-30-33-28(23-51-30)37-34(46)38-33/h7-8,20-21,28,30,33H,1-6,9-19,22-23,35H2,(H,36,43)(H,44,45)(H2,37,38,46)/t28?,30-,33-/m0/s1. The summed E-state index contributed by atoms with van der Waals surface area (Å²) in [5, 5.41) is 26.3. The Kier molecular flexibility index (Phi) is 17.4. The van der Waals surface area contributed by atoms with E-state index in [9.17, 15) is 19.2 Å². The van der Waals surface area contributed by atoms with Gasteiger partial charge in [-0.1, -0.05) is 17.7 Å². The van der Waals surface area contributed by atoms with Crippen LogP contribution in [0.2, 0.25) is 0 Å². The Balaban J connectivity index is 0.907. The lowest BCUT2D eigenvalue weighted by molar-refractivity contribution is -0.137. The Morgan fingerprint density at radius 3 is 2.55 bits per heavy atom. The average molecular weight is 734 g/mol. The van der Waals surface area contributed by atoms with Crippen LogP contribution in [0.5, 0.6) is 0 Å². The number of Topliss-reactive ketones (excluding diaryl/α,β-unsaturated/α-hetero) is 1. The Hall–Kier alpha value is -3.77. The van der Waals surface area contributed by atoms with Crippen molar-refractivity contribution in [2.45, 2.75) is 81.9 Å². The molecule has 1 aromatic carbocycles. The number of urea groups is 1. The molecule has 2 fully saturated rings. The first kappa shape index (κ1) is 40.0. The van der Waals surface area contributed by atoms with E-state index in [2.05, 4.69) is 26.3 Å². The number of nitrogens with two attached hydrogens (primary N) is 1. The minimum absolute atomic E-state index is 0.0295. The molecule has 2 saturated heterocycles. The van der Waals surface area contributed by atoms with Crippen LogP contribution in [0.1, 0.15) is 66.6 Å². The number of thioether (sulfide) groups is 1. The smallest absolute Gasteiger partial charge is 0.315 e. The van der Waals surface area contributed by atoms with Gasteiger partial charge in [0.2, 0.25) is 5.91 Å². The molecular formula is C34H51N7O9S. The van der Waals surface area contributed by atoms with Crippen LogP contribution in [0.15, 0.2) is 24.4 Å². The predicted molar refractivity (Wildman–Crippen MR) is 189 cm³/mol. The van der Waals surface area contributed by atoms with Crippen molar-refractivity contribution >= 4 is 41.1 Å². The average Bonchev–Trinajstić information content (AvgIpc) is 3.82. The number of aromatic nitrogens is 3. The van der Waals surface area contributed by atoms with Crippen molar-refractivity contribution in [3.05, 3.63) is 41.2 Å². The largest absolute Gasteiger partial charge is 0.481 e. The van der Waals surface area contributed by atoms with Gasteiger partial charge in [0, 0.05) is 48.2 Å². The number of ketones is 1. The summed E-state index contributed by atoms with van der Waals surface area (Å²) in [6.07, 6.45) is 6.21. The van der Waals surface area contributed by atoms with Gasteiger partial charge in [0.1, 0.15) is 5.69 Å². The third-order valence-corrected chi connectivity index (χ3v) is 9.94. The zero-order chi connectivity index (χ0) is 36.3. The van der Waals surface area contributed by atoms with Gasteiger partial charge in [-0.15, -0.1) is 5.10 Å². The van der Waals surface area contributed by atoms with Gasteiger partial charge < -0.3 is 45.7 Å². The second-order valence-electron chi connectivity index (χ2n) is 12.4. The zero-order valence-corrected chi connectivity index (χ0v) is 29.8. The van der Waals surface area contributed by atoms with Crippen molar-refractivity contribution in [3.63, 3.8) is 0 Å². The summed E-state index contributed by atoms with van der Waals surface area (Å²) in [6, 6.07) is 5.64. The number of hydrogen-bond donors (Lipinski definition) is 5. The molecule has 17 heteroatoms. The molecule has 0 aliphatic carbocycles. The third-order valence-electron chi connectivity index (χ3n) is 8.43. The molecule has 1 aromatic heterocycles. The maximum atomic E-state index is 12.3. The number of benzene rings is 1. The summed E-state index contributed by atoms with van der Waals surface area (Å²) >= 11 is 1.89. The van der Waals surface area contributed by atoms with Crippen molar-refractivity contribution < 1.29 is 43.2 Å². The lowest BCUT2D eigenvalue weighted by Gasteiger charge is -2.16. The number of nitrogens with zero attached hydrogens (tertiary/aromatic N) is 3. The van der Waals surface area contributed by atoms with Gasteiger partial charge in [-0.3, -0.25) is 14.4 Å². The molecule has 6 N–H and O–H groups in total. The molecule has 0 saturated carbocycles. The molecule has 3 amide bonds. The number of fused-ring (bicyclic) bond motifs is 1. The van der Waals surface area contributed by atoms with Crippen molar-refractivity contribution in [1.29, 1.82) is 0 Å². The fraction of sp³-hybridized carbons (Fsp3) is 0.647. The summed E-state index contributed by atoms with van der Waals surface area (Å²) in [6.45, 7) is 4.48. The summed E-state index contributed by atoms with van der Waals surface area (Å²) in [4.78, 5) is 46.6. The number of amides is 3. The number of rotatable bonds is 27. The first-order valence-electron chi connectivity index (χ1n) is 17.6. The Morgan fingerprint density at radius 2 is 1.75 bits per heavy atom. The number of aliphatic carboxylic acids is 1. The number of anilines is 1. The molecule has 0 spiro atoms. The minimum Gasteiger partial charge on any atom is -0.481 e. The normalized spacial score (nSPS) is 18.0. The summed E-state index contributed by atoms with van der Waals surface area (Å²) < 4.78 is 24.1. The van der Waals surface area contributed by atoms with Gasteiger partial charge in [0.05, 0.1) is 77.5 Å². The van der Waals surface area contributed by atoms with E-state index < -0.39 is 5.97 Å². The summed E-state index contributed by atoms with van der Waals surface area (Å²) in [5.74, 6) is -0.311. The second-order valence-corrected chi connectivity index (χ2v) is 13.7. The molecule has 2 aliphatic heterocycles. The van der Waals surface area contributed by atoms with Crippen LogP contribution in [-0.2, 0) is 48.1 Å². The van der Waals surface area contributed by atoms with E-state index in [4.69, 9.17) is 29.8 Å². The minimum atomic E-state index is -1.02. The molecule has 3 heterocycles. The third kappa shape index (κ3) is 14.8. The number of unbranched alkanes of at least 4 members (excludes halogenated alkanes) is 1. The van der Waals surface area contributed by atoms with E-state index in [0.29, 0.717) is 101 Å². The second kappa shape index (κ2) is 22.2. The predicted octanol–water partition coefficient (Wildman–Crippen LogP) is 1.95. The Labute approximate surface area is 302 Å². The number of carboxylic acid groups (broad SMARTS) is 1. The SMILES string of the molecule is Nc1ccc(CCCOCc2cn(CCOCCOCCOCCNC(=O)CCCC[C@@H]3SCC4NC(=O)N[C@@H]43)nn2)cc1C(=O)CCC(=O)O. The highest BCUT2D eigenvalue weighted by Gasteiger charge is 2.42. The number of carbonyl (C=O) groups excluding carboxylic acids is 3. The first-order valence-corrected chi connectivity index (χ1v) is 18.6. The Bertz CT molecular complexity index is 1410. The first-order chi connectivity index (χ1) is 24.8. The molecule has 2 aliphatic rings. The molecule has 1 unspecified atom stereocenters. The van der Waals surface area contributed by atoms with Gasteiger partial charge in [-0.25, -0.2) is 9.48 Å². The van der Waals surface area contributed by atoms with E-state index >= 15 is 0 Å². The topological polar surface area (TPSA) is 218 Å². The lowest BCUT2D eigenvalue weighted by atomic mass is 10.00. The van der Waals surface area contributed by atoms with Crippen LogP contribution in [0, 0.1) is 0 Å². The van der Waals surface area contributed by atoms with Gasteiger partial charge >= 0.3 is 12.0 Å². The highest BCUT2D eigenvalue weighted by atomic mass is 32.2. The van der Waals surface area contributed by atoms with Crippen LogP contribution in [0.3, 0.4) is 0 Å². The van der Waals surface area contributed by atoms with Gasteiger partial charge in [0.15, 0.2) is 5.78 Å². The maximum absolute atomic E-state index is 12.3. The number of aryl methyl sites for hydroxylation is 1. The quantitative estimate of drug-likeness (QED) is 0.0384.